The average molecular weight is 427 g/mol. The third-order valence-electron chi connectivity index (χ3n) is 5.26. The predicted molar refractivity (Wildman–Crippen MR) is 119 cm³/mol. The number of ether oxygens (including phenoxy) is 1. The maximum Gasteiger partial charge on any atom is 0.329 e. The van der Waals surface area contributed by atoms with Crippen molar-refractivity contribution in [3.8, 4) is 5.69 Å². The van der Waals surface area contributed by atoms with E-state index in [-0.39, 0.29) is 6.61 Å². The predicted octanol–water partition coefficient (Wildman–Crippen LogP) is 4.70. The second-order valence-corrected chi connectivity index (χ2v) is 8.38. The number of aryl methyl sites for hydroxylation is 3. The number of esters is 1. The van der Waals surface area contributed by atoms with Gasteiger partial charge in [0.25, 0.3) is 11.1 Å². The molecule has 1 aliphatic rings. The van der Waals surface area contributed by atoms with Crippen molar-refractivity contribution in [2.75, 3.05) is 6.61 Å². The average Bonchev–Trinajstić information content (AvgIpc) is 3.11. The Morgan fingerprint density at radius 1 is 1.17 bits per heavy atom. The molecule has 0 aliphatic carbocycles. The molecular formula is C23H26N2O4S. The lowest BCUT2D eigenvalue weighted by Crippen LogP contribution is -2.42. The number of benzene rings is 1. The molecule has 2 aromatic rings. The van der Waals surface area contributed by atoms with Crippen LogP contribution in [0.2, 0.25) is 0 Å². The molecule has 0 bridgehead atoms. The fourth-order valence-corrected chi connectivity index (χ4v) is 4.66. The Bertz CT molecular complexity index is 1050. The molecule has 0 N–H and O–H groups in total. The van der Waals surface area contributed by atoms with E-state index in [2.05, 4.69) is 30.5 Å². The topological polar surface area (TPSA) is 68.6 Å². The zero-order chi connectivity index (χ0) is 22.2. The van der Waals surface area contributed by atoms with Crippen LogP contribution in [0, 0.1) is 27.7 Å². The minimum atomic E-state index is -0.953. The minimum Gasteiger partial charge on any atom is -0.464 e. The Balaban J connectivity index is 1.98. The summed E-state index contributed by atoms with van der Waals surface area (Å²) in [6.45, 7) is 11.5. The molecule has 1 saturated heterocycles. The highest BCUT2D eigenvalue weighted by Gasteiger charge is 2.41. The summed E-state index contributed by atoms with van der Waals surface area (Å²) < 4.78 is 7.13. The van der Waals surface area contributed by atoms with E-state index in [0.717, 1.165) is 50.4 Å². The highest BCUT2D eigenvalue weighted by Crippen LogP contribution is 2.35. The fourth-order valence-electron chi connectivity index (χ4n) is 3.76. The van der Waals surface area contributed by atoms with Crippen LogP contribution in [0.1, 0.15) is 41.9 Å². The van der Waals surface area contributed by atoms with Gasteiger partial charge in [-0.05, 0) is 82.1 Å². The van der Waals surface area contributed by atoms with Gasteiger partial charge in [-0.25, -0.2) is 4.79 Å². The van der Waals surface area contributed by atoms with Gasteiger partial charge in [0.2, 0.25) is 0 Å². The van der Waals surface area contributed by atoms with Crippen molar-refractivity contribution < 1.29 is 19.1 Å². The molecule has 30 heavy (non-hydrogen) atoms. The van der Waals surface area contributed by atoms with Crippen molar-refractivity contribution in [2.24, 2.45) is 0 Å². The molecule has 0 spiro atoms. The monoisotopic (exact) mass is 426 g/mol. The van der Waals surface area contributed by atoms with Gasteiger partial charge >= 0.3 is 5.97 Å². The molecule has 7 heteroatoms. The standard InChI is InChI=1S/C23H26N2O4S/c1-7-29-22(27)17(6)25-21(26)19(30-23(25)28)12-18-11-15(4)24(16(18)5)20-13(2)9-8-10-14(20)3/h8-12,17H,7H2,1-6H3/b19-12+/t17-/m1/s1. The van der Waals surface area contributed by atoms with Crippen molar-refractivity contribution in [2.45, 2.75) is 47.6 Å². The summed E-state index contributed by atoms with van der Waals surface area (Å²) in [5.74, 6) is -1.06. The number of hydrogen-bond acceptors (Lipinski definition) is 5. The smallest absolute Gasteiger partial charge is 0.329 e. The Morgan fingerprint density at radius 3 is 2.40 bits per heavy atom. The number of carbonyl (C=O) groups is 3. The van der Waals surface area contributed by atoms with E-state index < -0.39 is 23.2 Å². The first kappa shape index (κ1) is 21.9. The van der Waals surface area contributed by atoms with Gasteiger partial charge in [0.05, 0.1) is 17.2 Å². The number of para-hydroxylation sites is 1. The Labute approximate surface area is 180 Å². The SMILES string of the molecule is CCOC(=O)[C@@H](C)N1C(=O)S/C(=C/c2cc(C)n(-c3c(C)cccc3C)c2C)C1=O. The molecule has 2 amide bonds. The molecule has 1 fully saturated rings. The van der Waals surface area contributed by atoms with Gasteiger partial charge in [-0.1, -0.05) is 18.2 Å². The van der Waals surface area contributed by atoms with Crippen molar-refractivity contribution in [1.29, 1.82) is 0 Å². The molecule has 1 atom stereocenters. The fraction of sp³-hybridized carbons (Fsp3) is 0.348. The van der Waals surface area contributed by atoms with Crippen LogP contribution in [-0.4, -0.2) is 39.2 Å². The first-order valence-corrected chi connectivity index (χ1v) is 10.7. The molecule has 2 heterocycles. The van der Waals surface area contributed by atoms with Crippen LogP contribution in [-0.2, 0) is 14.3 Å². The molecule has 1 aliphatic heterocycles. The third-order valence-corrected chi connectivity index (χ3v) is 6.14. The van der Waals surface area contributed by atoms with Crippen LogP contribution in [0.15, 0.2) is 29.2 Å². The van der Waals surface area contributed by atoms with Crippen molar-refractivity contribution in [3.05, 3.63) is 57.2 Å². The molecule has 1 aromatic carbocycles. The number of rotatable bonds is 5. The van der Waals surface area contributed by atoms with E-state index in [4.69, 9.17) is 4.74 Å². The Hall–Kier alpha value is -2.80. The number of amides is 2. The second-order valence-electron chi connectivity index (χ2n) is 7.38. The second kappa shape index (κ2) is 8.52. The van der Waals surface area contributed by atoms with Crippen LogP contribution in [0.4, 0.5) is 4.79 Å². The minimum absolute atomic E-state index is 0.194. The maximum atomic E-state index is 12.9. The summed E-state index contributed by atoms with van der Waals surface area (Å²) in [4.78, 5) is 38.6. The molecule has 6 nitrogen and oxygen atoms in total. The van der Waals surface area contributed by atoms with E-state index in [0.29, 0.717) is 4.91 Å². The van der Waals surface area contributed by atoms with Crippen LogP contribution in [0.25, 0.3) is 11.8 Å². The van der Waals surface area contributed by atoms with Crippen molar-refractivity contribution >= 4 is 35.0 Å². The molecule has 0 radical (unpaired) electrons. The Morgan fingerprint density at radius 2 is 1.80 bits per heavy atom. The quantitative estimate of drug-likeness (QED) is 0.512. The van der Waals surface area contributed by atoms with Crippen LogP contribution >= 0.6 is 11.8 Å². The number of thioether (sulfide) groups is 1. The number of nitrogens with zero attached hydrogens (tertiary/aromatic N) is 2. The highest BCUT2D eigenvalue weighted by atomic mass is 32.2. The zero-order valence-corrected chi connectivity index (χ0v) is 18.9. The summed E-state index contributed by atoms with van der Waals surface area (Å²) in [5.41, 5.74) is 6.32. The largest absolute Gasteiger partial charge is 0.464 e. The number of imide groups is 1. The molecule has 0 saturated carbocycles. The van der Waals surface area contributed by atoms with Gasteiger partial charge in [-0.2, -0.15) is 0 Å². The Kier molecular flexibility index (Phi) is 6.22. The van der Waals surface area contributed by atoms with Crippen molar-refractivity contribution in [3.63, 3.8) is 0 Å². The van der Waals surface area contributed by atoms with Gasteiger partial charge in [-0.3, -0.25) is 14.5 Å². The number of carbonyl (C=O) groups excluding carboxylic acids is 3. The van der Waals surface area contributed by atoms with Crippen molar-refractivity contribution in [1.82, 2.24) is 9.47 Å². The van der Waals surface area contributed by atoms with E-state index >= 15 is 0 Å². The van der Waals surface area contributed by atoms with Gasteiger partial charge < -0.3 is 9.30 Å². The molecule has 3 rings (SSSR count). The lowest BCUT2D eigenvalue weighted by molar-refractivity contribution is -0.150. The van der Waals surface area contributed by atoms with Gasteiger partial charge in [-0.15, -0.1) is 0 Å². The van der Waals surface area contributed by atoms with Gasteiger partial charge in [0.1, 0.15) is 6.04 Å². The zero-order valence-electron chi connectivity index (χ0n) is 18.1. The summed E-state index contributed by atoms with van der Waals surface area (Å²) in [6, 6.07) is 7.23. The van der Waals surface area contributed by atoms with Gasteiger partial charge in [0, 0.05) is 11.4 Å². The third kappa shape index (κ3) is 3.81. The first-order chi connectivity index (χ1) is 14.2. The molecule has 158 valence electrons. The maximum absolute atomic E-state index is 12.9. The van der Waals surface area contributed by atoms with E-state index in [1.54, 1.807) is 13.0 Å². The van der Waals surface area contributed by atoms with Gasteiger partial charge in [0.15, 0.2) is 0 Å². The normalized spacial score (nSPS) is 16.5. The lowest BCUT2D eigenvalue weighted by atomic mass is 10.1. The molecule has 1 aromatic heterocycles. The van der Waals surface area contributed by atoms with Crippen LogP contribution in [0.5, 0.6) is 0 Å². The molecule has 0 unspecified atom stereocenters. The number of aromatic nitrogens is 1. The summed E-state index contributed by atoms with van der Waals surface area (Å²) >= 11 is 0.848. The summed E-state index contributed by atoms with van der Waals surface area (Å²) in [6.07, 6.45) is 1.73. The summed E-state index contributed by atoms with van der Waals surface area (Å²) in [5, 5.41) is -0.463. The highest BCUT2D eigenvalue weighted by molar-refractivity contribution is 8.18. The van der Waals surface area contributed by atoms with E-state index in [1.165, 1.54) is 6.92 Å². The van der Waals surface area contributed by atoms with Crippen LogP contribution in [0.3, 0.4) is 0 Å². The van der Waals surface area contributed by atoms with Crippen LogP contribution < -0.4 is 0 Å². The lowest BCUT2D eigenvalue weighted by Gasteiger charge is -2.19. The molecular weight excluding hydrogens is 400 g/mol. The van der Waals surface area contributed by atoms with E-state index in [1.807, 2.05) is 26.0 Å². The number of hydrogen-bond donors (Lipinski definition) is 0. The van der Waals surface area contributed by atoms with E-state index in [9.17, 15) is 14.4 Å². The summed E-state index contributed by atoms with van der Waals surface area (Å²) in [7, 11) is 0. The first-order valence-electron chi connectivity index (χ1n) is 9.86.